The van der Waals surface area contributed by atoms with Gasteiger partial charge in [-0.05, 0) is 18.6 Å². The number of hydrogen-bond acceptors (Lipinski definition) is 2. The molecule has 1 atom stereocenters. The molecule has 1 N–H and O–H groups in total. The molecule has 0 spiro atoms. The standard InChI is InChI=1S/C14H15BrN2O/c1-2-11(15)9-17-14(18)12-7-3-5-10-6-4-8-16-13(10)12/h3-8,11H,2,9H2,1H3,(H,17,18). The molecular formula is C14H15BrN2O. The minimum absolute atomic E-state index is 0.0720. The van der Waals surface area contributed by atoms with E-state index in [0.717, 1.165) is 17.3 Å². The molecule has 0 fully saturated rings. The second-order valence-corrected chi connectivity index (χ2v) is 5.39. The lowest BCUT2D eigenvalue weighted by Crippen LogP contribution is -2.29. The van der Waals surface area contributed by atoms with E-state index in [4.69, 9.17) is 0 Å². The molecule has 1 unspecified atom stereocenters. The van der Waals surface area contributed by atoms with Crippen molar-refractivity contribution in [1.82, 2.24) is 10.3 Å². The number of halogens is 1. The summed E-state index contributed by atoms with van der Waals surface area (Å²) in [7, 11) is 0. The quantitative estimate of drug-likeness (QED) is 0.882. The predicted molar refractivity (Wildman–Crippen MR) is 77.1 cm³/mol. The van der Waals surface area contributed by atoms with Crippen LogP contribution < -0.4 is 5.32 Å². The van der Waals surface area contributed by atoms with E-state index in [1.54, 1.807) is 12.3 Å². The predicted octanol–water partition coefficient (Wildman–Crippen LogP) is 3.14. The summed E-state index contributed by atoms with van der Waals surface area (Å²) < 4.78 is 0. The Balaban J connectivity index is 2.22. The van der Waals surface area contributed by atoms with Crippen molar-refractivity contribution in [3.63, 3.8) is 0 Å². The first-order chi connectivity index (χ1) is 8.72. The molecule has 1 amide bonds. The van der Waals surface area contributed by atoms with Crippen LogP contribution in [0.3, 0.4) is 0 Å². The number of nitrogens with zero attached hydrogens (tertiary/aromatic N) is 1. The van der Waals surface area contributed by atoms with Crippen LogP contribution >= 0.6 is 15.9 Å². The Morgan fingerprint density at radius 2 is 2.17 bits per heavy atom. The Morgan fingerprint density at radius 3 is 2.94 bits per heavy atom. The SMILES string of the molecule is CCC(Br)CNC(=O)c1cccc2cccnc12. The second kappa shape index (κ2) is 5.96. The van der Waals surface area contributed by atoms with Gasteiger partial charge >= 0.3 is 0 Å². The molecule has 0 bridgehead atoms. The highest BCUT2D eigenvalue weighted by Crippen LogP contribution is 2.15. The normalized spacial score (nSPS) is 12.3. The molecule has 94 valence electrons. The lowest BCUT2D eigenvalue weighted by molar-refractivity contribution is 0.0955. The van der Waals surface area contributed by atoms with Crippen LogP contribution in [0.1, 0.15) is 23.7 Å². The van der Waals surface area contributed by atoms with Crippen LogP contribution in [0.25, 0.3) is 10.9 Å². The van der Waals surface area contributed by atoms with Crippen LogP contribution in [-0.2, 0) is 0 Å². The van der Waals surface area contributed by atoms with Gasteiger partial charge in [0.25, 0.3) is 5.91 Å². The fourth-order valence-electron chi connectivity index (χ4n) is 1.73. The van der Waals surface area contributed by atoms with Crippen LogP contribution in [0.4, 0.5) is 0 Å². The number of carbonyl (C=O) groups is 1. The average molecular weight is 307 g/mol. The van der Waals surface area contributed by atoms with Crippen LogP contribution in [0, 0.1) is 0 Å². The summed E-state index contributed by atoms with van der Waals surface area (Å²) in [6, 6.07) is 9.47. The van der Waals surface area contributed by atoms with Crippen LogP contribution in [0.15, 0.2) is 36.5 Å². The van der Waals surface area contributed by atoms with Crippen molar-refractivity contribution in [2.45, 2.75) is 18.2 Å². The smallest absolute Gasteiger partial charge is 0.253 e. The zero-order chi connectivity index (χ0) is 13.0. The highest BCUT2D eigenvalue weighted by atomic mass is 79.9. The molecule has 18 heavy (non-hydrogen) atoms. The molecule has 0 aliphatic rings. The highest BCUT2D eigenvalue weighted by molar-refractivity contribution is 9.09. The van der Waals surface area contributed by atoms with Crippen molar-refractivity contribution < 1.29 is 4.79 Å². The maximum Gasteiger partial charge on any atom is 0.253 e. The molecule has 0 aliphatic carbocycles. The number of carbonyl (C=O) groups excluding carboxylic acids is 1. The number of fused-ring (bicyclic) bond motifs is 1. The van der Waals surface area contributed by atoms with Gasteiger partial charge in [0.2, 0.25) is 0 Å². The number of rotatable bonds is 4. The van der Waals surface area contributed by atoms with E-state index in [0.29, 0.717) is 16.9 Å². The number of amides is 1. The van der Waals surface area contributed by atoms with Crippen LogP contribution in [0.5, 0.6) is 0 Å². The molecule has 2 aromatic rings. The van der Waals surface area contributed by atoms with Gasteiger partial charge < -0.3 is 5.32 Å². The van der Waals surface area contributed by atoms with Gasteiger partial charge in [-0.2, -0.15) is 0 Å². The fourth-order valence-corrected chi connectivity index (χ4v) is 1.89. The molecule has 1 aromatic carbocycles. The summed E-state index contributed by atoms with van der Waals surface area (Å²) in [4.78, 5) is 16.7. The van der Waals surface area contributed by atoms with E-state index in [1.807, 2.05) is 24.3 Å². The summed E-state index contributed by atoms with van der Waals surface area (Å²) in [6.07, 6.45) is 2.69. The Labute approximate surface area is 115 Å². The topological polar surface area (TPSA) is 42.0 Å². The van der Waals surface area contributed by atoms with E-state index in [2.05, 4.69) is 33.2 Å². The van der Waals surface area contributed by atoms with Gasteiger partial charge in [-0.15, -0.1) is 0 Å². The summed E-state index contributed by atoms with van der Waals surface area (Å²) in [5.74, 6) is -0.0720. The van der Waals surface area contributed by atoms with Gasteiger partial charge in [0, 0.05) is 23.0 Å². The van der Waals surface area contributed by atoms with Gasteiger partial charge in [0.05, 0.1) is 11.1 Å². The zero-order valence-electron chi connectivity index (χ0n) is 10.2. The number of alkyl halides is 1. The van der Waals surface area contributed by atoms with Gasteiger partial charge in [-0.25, -0.2) is 0 Å². The van der Waals surface area contributed by atoms with E-state index in [-0.39, 0.29) is 5.91 Å². The van der Waals surface area contributed by atoms with Crippen molar-refractivity contribution in [1.29, 1.82) is 0 Å². The summed E-state index contributed by atoms with van der Waals surface area (Å²) >= 11 is 3.50. The molecule has 0 saturated carbocycles. The molecule has 0 aliphatic heterocycles. The number of benzene rings is 1. The van der Waals surface area contributed by atoms with E-state index >= 15 is 0 Å². The van der Waals surface area contributed by atoms with Crippen LogP contribution in [-0.4, -0.2) is 22.3 Å². The van der Waals surface area contributed by atoms with E-state index in [9.17, 15) is 4.79 Å². The van der Waals surface area contributed by atoms with Crippen molar-refractivity contribution >= 4 is 32.7 Å². The first kappa shape index (κ1) is 13.0. The first-order valence-corrected chi connectivity index (χ1v) is 6.90. The third kappa shape index (κ3) is 2.88. The number of para-hydroxylation sites is 1. The summed E-state index contributed by atoms with van der Waals surface area (Å²) in [5, 5.41) is 3.90. The molecule has 3 nitrogen and oxygen atoms in total. The van der Waals surface area contributed by atoms with Crippen molar-refractivity contribution in [2.24, 2.45) is 0 Å². The lowest BCUT2D eigenvalue weighted by atomic mass is 10.1. The Kier molecular flexibility index (Phi) is 4.31. The van der Waals surface area contributed by atoms with Gasteiger partial charge in [-0.1, -0.05) is 41.1 Å². The maximum atomic E-state index is 12.1. The number of aromatic nitrogens is 1. The summed E-state index contributed by atoms with van der Waals surface area (Å²) in [6.45, 7) is 2.70. The molecule has 4 heteroatoms. The first-order valence-electron chi connectivity index (χ1n) is 5.98. The largest absolute Gasteiger partial charge is 0.351 e. The van der Waals surface area contributed by atoms with Gasteiger partial charge in [-0.3, -0.25) is 9.78 Å². The zero-order valence-corrected chi connectivity index (χ0v) is 11.8. The van der Waals surface area contributed by atoms with Crippen molar-refractivity contribution in [2.75, 3.05) is 6.54 Å². The third-order valence-corrected chi connectivity index (χ3v) is 3.78. The molecule has 0 radical (unpaired) electrons. The second-order valence-electron chi connectivity index (χ2n) is 4.10. The van der Waals surface area contributed by atoms with Crippen molar-refractivity contribution in [3.05, 3.63) is 42.1 Å². The lowest BCUT2D eigenvalue weighted by Gasteiger charge is -2.10. The minimum Gasteiger partial charge on any atom is -0.351 e. The minimum atomic E-state index is -0.0720. The molecule has 1 heterocycles. The summed E-state index contributed by atoms with van der Waals surface area (Å²) in [5.41, 5.74) is 1.38. The Morgan fingerprint density at radius 1 is 1.39 bits per heavy atom. The van der Waals surface area contributed by atoms with E-state index < -0.39 is 0 Å². The highest BCUT2D eigenvalue weighted by Gasteiger charge is 2.11. The van der Waals surface area contributed by atoms with Crippen molar-refractivity contribution in [3.8, 4) is 0 Å². The third-order valence-electron chi connectivity index (χ3n) is 2.80. The Bertz CT molecular complexity index is 551. The fraction of sp³-hybridized carbons (Fsp3) is 0.286. The van der Waals surface area contributed by atoms with Gasteiger partial charge in [0.15, 0.2) is 0 Å². The number of pyridine rings is 1. The average Bonchev–Trinajstić information content (AvgIpc) is 2.43. The monoisotopic (exact) mass is 306 g/mol. The maximum absolute atomic E-state index is 12.1. The number of hydrogen-bond donors (Lipinski definition) is 1. The Hall–Kier alpha value is -1.42. The number of nitrogens with one attached hydrogen (secondary N) is 1. The van der Waals surface area contributed by atoms with Crippen LogP contribution in [0.2, 0.25) is 0 Å². The molecule has 2 rings (SSSR count). The van der Waals surface area contributed by atoms with E-state index in [1.165, 1.54) is 0 Å². The molecule has 0 saturated heterocycles. The van der Waals surface area contributed by atoms with Gasteiger partial charge in [0.1, 0.15) is 0 Å². The molecular weight excluding hydrogens is 292 g/mol. The molecule has 1 aromatic heterocycles.